The van der Waals surface area contributed by atoms with Crippen LogP contribution in [-0.2, 0) is 0 Å². The van der Waals surface area contributed by atoms with Crippen LogP contribution in [0, 0.1) is 5.41 Å². The third-order valence-electron chi connectivity index (χ3n) is 2.68. The van der Waals surface area contributed by atoms with Crippen LogP contribution < -0.4 is 5.73 Å². The molecule has 1 rings (SSSR count). The third-order valence-corrected chi connectivity index (χ3v) is 2.68. The highest BCUT2D eigenvalue weighted by atomic mass is 14.5. The van der Waals surface area contributed by atoms with E-state index in [0.717, 1.165) is 13.0 Å². The zero-order chi connectivity index (χ0) is 8.32. The van der Waals surface area contributed by atoms with Crippen LogP contribution in [0.2, 0.25) is 0 Å². The van der Waals surface area contributed by atoms with Crippen molar-refractivity contribution in [3.8, 4) is 0 Å². The van der Waals surface area contributed by atoms with Crippen molar-refractivity contribution in [3.63, 3.8) is 0 Å². The lowest BCUT2D eigenvalue weighted by atomic mass is 9.74. The number of hydrogen-bond acceptors (Lipinski definition) is 1. The fourth-order valence-electron chi connectivity index (χ4n) is 1.85. The highest BCUT2D eigenvalue weighted by Crippen LogP contribution is 2.37. The van der Waals surface area contributed by atoms with Crippen molar-refractivity contribution in [3.05, 3.63) is 11.6 Å². The molecular weight excluding hydrogens is 134 g/mol. The summed E-state index contributed by atoms with van der Waals surface area (Å²) in [7, 11) is 0. The van der Waals surface area contributed by atoms with E-state index in [1.54, 1.807) is 5.57 Å². The molecule has 1 heteroatoms. The predicted octanol–water partition coefficient (Wildman–Crippen LogP) is 2.47. The van der Waals surface area contributed by atoms with Gasteiger partial charge in [-0.05, 0) is 37.6 Å². The molecule has 1 aliphatic rings. The molecule has 1 nitrogen and oxygen atoms in total. The predicted molar refractivity (Wildman–Crippen MR) is 49.4 cm³/mol. The Balaban J connectivity index is 2.64. The maximum Gasteiger partial charge on any atom is -0.00397 e. The molecule has 2 N–H and O–H groups in total. The van der Waals surface area contributed by atoms with Crippen molar-refractivity contribution in [2.75, 3.05) is 6.54 Å². The summed E-state index contributed by atoms with van der Waals surface area (Å²) in [5.41, 5.74) is 7.54. The topological polar surface area (TPSA) is 26.0 Å². The summed E-state index contributed by atoms with van der Waals surface area (Å²) < 4.78 is 0. The second-order valence-electron chi connectivity index (χ2n) is 4.04. The van der Waals surface area contributed by atoms with Crippen molar-refractivity contribution >= 4 is 0 Å². The van der Waals surface area contributed by atoms with E-state index in [1.165, 1.54) is 19.3 Å². The Morgan fingerprint density at radius 2 is 2.27 bits per heavy atom. The Kier molecular flexibility index (Phi) is 2.72. The zero-order valence-electron chi connectivity index (χ0n) is 7.69. The summed E-state index contributed by atoms with van der Waals surface area (Å²) in [6.45, 7) is 5.45. The number of rotatable bonds is 2. The molecule has 0 aromatic carbocycles. The van der Waals surface area contributed by atoms with Gasteiger partial charge in [-0.25, -0.2) is 0 Å². The fraction of sp³-hybridized carbons (Fsp3) is 0.800. The van der Waals surface area contributed by atoms with E-state index >= 15 is 0 Å². The quantitative estimate of drug-likeness (QED) is 0.606. The highest BCUT2D eigenvalue weighted by molar-refractivity contribution is 5.15. The van der Waals surface area contributed by atoms with Gasteiger partial charge in [-0.1, -0.05) is 25.5 Å². The minimum atomic E-state index is 0.428. The summed E-state index contributed by atoms with van der Waals surface area (Å²) in [6.07, 6.45) is 7.42. The molecule has 0 heterocycles. The van der Waals surface area contributed by atoms with Gasteiger partial charge in [-0.2, -0.15) is 0 Å². The smallest absolute Gasteiger partial charge is 0.00397 e. The van der Waals surface area contributed by atoms with Crippen LogP contribution in [0.4, 0.5) is 0 Å². The summed E-state index contributed by atoms with van der Waals surface area (Å²) in [6, 6.07) is 0. The summed E-state index contributed by atoms with van der Waals surface area (Å²) in [5, 5.41) is 0. The van der Waals surface area contributed by atoms with Crippen molar-refractivity contribution in [2.45, 2.75) is 39.5 Å². The second kappa shape index (κ2) is 3.40. The maximum absolute atomic E-state index is 5.54. The molecule has 0 fully saturated rings. The highest BCUT2D eigenvalue weighted by Gasteiger charge is 2.24. The standard InChI is InChI=1S/C10H19N/c1-10(2)7-4-3-5-9(10)6-8-11/h5H,3-4,6-8,11H2,1-2H3. The molecule has 1 aliphatic carbocycles. The monoisotopic (exact) mass is 153 g/mol. The molecule has 0 radical (unpaired) electrons. The zero-order valence-corrected chi connectivity index (χ0v) is 7.69. The number of nitrogens with two attached hydrogens (primary N) is 1. The Morgan fingerprint density at radius 1 is 1.55 bits per heavy atom. The Labute approximate surface area is 69.7 Å². The van der Waals surface area contributed by atoms with Crippen LogP contribution in [0.25, 0.3) is 0 Å². The van der Waals surface area contributed by atoms with Crippen molar-refractivity contribution in [1.29, 1.82) is 0 Å². The fourth-order valence-corrected chi connectivity index (χ4v) is 1.85. The third kappa shape index (κ3) is 2.06. The summed E-state index contributed by atoms with van der Waals surface area (Å²) >= 11 is 0. The first-order valence-corrected chi connectivity index (χ1v) is 4.56. The summed E-state index contributed by atoms with van der Waals surface area (Å²) in [4.78, 5) is 0. The van der Waals surface area contributed by atoms with Gasteiger partial charge in [0, 0.05) is 0 Å². The van der Waals surface area contributed by atoms with E-state index in [1.807, 2.05) is 0 Å². The van der Waals surface area contributed by atoms with Gasteiger partial charge in [0.05, 0.1) is 0 Å². The van der Waals surface area contributed by atoms with E-state index in [4.69, 9.17) is 5.73 Å². The minimum Gasteiger partial charge on any atom is -0.330 e. The van der Waals surface area contributed by atoms with Crippen LogP contribution >= 0.6 is 0 Å². The first-order chi connectivity index (χ1) is 5.17. The molecule has 0 aliphatic heterocycles. The van der Waals surface area contributed by atoms with E-state index in [-0.39, 0.29) is 0 Å². The Morgan fingerprint density at radius 3 is 2.82 bits per heavy atom. The number of hydrogen-bond donors (Lipinski definition) is 1. The van der Waals surface area contributed by atoms with Gasteiger partial charge in [0.1, 0.15) is 0 Å². The van der Waals surface area contributed by atoms with E-state index in [9.17, 15) is 0 Å². The Hall–Kier alpha value is -0.300. The van der Waals surface area contributed by atoms with Crippen molar-refractivity contribution in [2.24, 2.45) is 11.1 Å². The Bertz CT molecular complexity index is 156. The average molecular weight is 153 g/mol. The second-order valence-corrected chi connectivity index (χ2v) is 4.04. The SMILES string of the molecule is CC1(C)CCCC=C1CCN. The maximum atomic E-state index is 5.54. The van der Waals surface area contributed by atoms with Crippen molar-refractivity contribution in [1.82, 2.24) is 0 Å². The molecule has 64 valence electrons. The molecule has 0 unspecified atom stereocenters. The molecule has 0 amide bonds. The molecule has 0 saturated carbocycles. The molecule has 11 heavy (non-hydrogen) atoms. The van der Waals surface area contributed by atoms with Crippen LogP contribution in [0.3, 0.4) is 0 Å². The van der Waals surface area contributed by atoms with Crippen molar-refractivity contribution < 1.29 is 0 Å². The average Bonchev–Trinajstić information content (AvgIpc) is 1.94. The lowest BCUT2D eigenvalue weighted by Gasteiger charge is -2.31. The van der Waals surface area contributed by atoms with E-state index in [0.29, 0.717) is 5.41 Å². The lowest BCUT2D eigenvalue weighted by molar-refractivity contribution is 0.364. The van der Waals surface area contributed by atoms with Gasteiger partial charge in [0.15, 0.2) is 0 Å². The van der Waals surface area contributed by atoms with Gasteiger partial charge >= 0.3 is 0 Å². The molecule has 0 aromatic heterocycles. The lowest BCUT2D eigenvalue weighted by Crippen LogP contribution is -2.20. The van der Waals surface area contributed by atoms with Crippen LogP contribution in [0.1, 0.15) is 39.5 Å². The van der Waals surface area contributed by atoms with Gasteiger partial charge in [0.2, 0.25) is 0 Å². The molecule has 0 bridgehead atoms. The van der Waals surface area contributed by atoms with Crippen LogP contribution in [0.15, 0.2) is 11.6 Å². The van der Waals surface area contributed by atoms with Crippen LogP contribution in [-0.4, -0.2) is 6.54 Å². The van der Waals surface area contributed by atoms with Gasteiger partial charge in [-0.15, -0.1) is 0 Å². The molecule has 0 saturated heterocycles. The van der Waals surface area contributed by atoms with Gasteiger partial charge < -0.3 is 5.73 Å². The van der Waals surface area contributed by atoms with E-state index in [2.05, 4.69) is 19.9 Å². The molecular formula is C10H19N. The van der Waals surface area contributed by atoms with E-state index < -0.39 is 0 Å². The first-order valence-electron chi connectivity index (χ1n) is 4.56. The minimum absolute atomic E-state index is 0.428. The largest absolute Gasteiger partial charge is 0.330 e. The number of allylic oxidation sites excluding steroid dienone is 1. The van der Waals surface area contributed by atoms with Gasteiger partial charge in [-0.3, -0.25) is 0 Å². The molecule has 0 spiro atoms. The molecule has 0 aromatic rings. The molecule has 0 atom stereocenters. The first kappa shape index (κ1) is 8.79. The summed E-state index contributed by atoms with van der Waals surface area (Å²) in [5.74, 6) is 0. The van der Waals surface area contributed by atoms with Crippen LogP contribution in [0.5, 0.6) is 0 Å². The normalized spacial score (nSPS) is 23.0. The van der Waals surface area contributed by atoms with Gasteiger partial charge in [0.25, 0.3) is 0 Å².